The molecule has 2 heteroatoms. The summed E-state index contributed by atoms with van der Waals surface area (Å²) < 4.78 is 0. The first kappa shape index (κ1) is 16.5. The molecule has 2 rings (SSSR count). The molecule has 0 saturated carbocycles. The van der Waals surface area contributed by atoms with E-state index < -0.39 is 0 Å². The van der Waals surface area contributed by atoms with Crippen molar-refractivity contribution < 1.29 is 0 Å². The Balaban J connectivity index is 2.24. The highest BCUT2D eigenvalue weighted by atomic mass is 15.2. The lowest BCUT2D eigenvalue weighted by Gasteiger charge is -2.41. The number of hydrogen-bond acceptors (Lipinski definition) is 2. The first-order chi connectivity index (χ1) is 9.93. The Morgan fingerprint density at radius 3 is 2.10 bits per heavy atom. The second-order valence-electron chi connectivity index (χ2n) is 6.98. The summed E-state index contributed by atoms with van der Waals surface area (Å²) in [6.45, 7) is 12.6. The van der Waals surface area contributed by atoms with Gasteiger partial charge in [-0.25, -0.2) is 0 Å². The number of hydrogen-bond donors (Lipinski definition) is 1. The molecule has 3 unspecified atom stereocenters. The van der Waals surface area contributed by atoms with Gasteiger partial charge in [0.1, 0.15) is 0 Å². The van der Waals surface area contributed by atoms with Crippen LogP contribution in [0, 0.1) is 20.8 Å². The highest BCUT2D eigenvalue weighted by molar-refractivity contribution is 5.39. The van der Waals surface area contributed by atoms with Crippen molar-refractivity contribution in [2.45, 2.75) is 72.0 Å². The molecular weight excluding hydrogens is 256 g/mol. The van der Waals surface area contributed by atoms with Crippen LogP contribution in [-0.4, -0.2) is 30.6 Å². The van der Waals surface area contributed by atoms with E-state index in [1.54, 1.807) is 0 Å². The van der Waals surface area contributed by atoms with Crippen LogP contribution < -0.4 is 5.32 Å². The predicted octanol–water partition coefficient (Wildman–Crippen LogP) is 4.14. The van der Waals surface area contributed by atoms with E-state index in [0.717, 1.165) is 6.54 Å². The van der Waals surface area contributed by atoms with Crippen LogP contribution in [0.4, 0.5) is 0 Å². The minimum Gasteiger partial charge on any atom is -0.312 e. The Kier molecular flexibility index (Phi) is 5.45. The normalized spacial score (nSPS) is 25.0. The quantitative estimate of drug-likeness (QED) is 0.896. The zero-order valence-electron chi connectivity index (χ0n) is 14.7. The number of benzene rings is 1. The molecular formula is C19H32N2. The van der Waals surface area contributed by atoms with Crippen molar-refractivity contribution in [1.82, 2.24) is 10.2 Å². The van der Waals surface area contributed by atoms with E-state index in [0.29, 0.717) is 18.1 Å². The average Bonchev–Trinajstić information content (AvgIpc) is 2.39. The number of likely N-dealkylation sites (tertiary alicyclic amines) is 1. The van der Waals surface area contributed by atoms with Crippen molar-refractivity contribution in [2.24, 2.45) is 0 Å². The van der Waals surface area contributed by atoms with E-state index in [1.165, 1.54) is 41.5 Å². The lowest BCUT2D eigenvalue weighted by molar-refractivity contribution is 0.0918. The Morgan fingerprint density at radius 2 is 1.62 bits per heavy atom. The number of nitrogens with one attached hydrogen (secondary N) is 1. The van der Waals surface area contributed by atoms with Crippen molar-refractivity contribution >= 4 is 0 Å². The van der Waals surface area contributed by atoms with Crippen LogP contribution in [0.1, 0.15) is 61.4 Å². The smallest absolute Gasteiger partial charge is 0.0452 e. The Bertz CT molecular complexity index is 447. The Hall–Kier alpha value is -0.860. The fraction of sp³-hybridized carbons (Fsp3) is 0.684. The standard InChI is InChI=1S/C19H32N2/c1-13-10-14(2)19(15(3)11-13)18(20-6)12-21-16(4)8-7-9-17(21)5/h10-11,16-18,20H,7-9,12H2,1-6H3. The maximum atomic E-state index is 3.57. The van der Waals surface area contributed by atoms with E-state index in [9.17, 15) is 0 Å². The van der Waals surface area contributed by atoms with Crippen molar-refractivity contribution in [3.05, 3.63) is 34.4 Å². The minimum absolute atomic E-state index is 0.425. The maximum absolute atomic E-state index is 3.57. The molecule has 0 amide bonds. The maximum Gasteiger partial charge on any atom is 0.0452 e. The molecule has 1 aliphatic heterocycles. The molecule has 1 aromatic rings. The van der Waals surface area contributed by atoms with Crippen LogP contribution in [0.3, 0.4) is 0 Å². The highest BCUT2D eigenvalue weighted by Gasteiger charge is 2.28. The van der Waals surface area contributed by atoms with Gasteiger partial charge in [-0.1, -0.05) is 24.1 Å². The van der Waals surface area contributed by atoms with Gasteiger partial charge in [-0.3, -0.25) is 4.90 Å². The van der Waals surface area contributed by atoms with Crippen molar-refractivity contribution in [2.75, 3.05) is 13.6 Å². The van der Waals surface area contributed by atoms with Crippen LogP contribution in [0.15, 0.2) is 12.1 Å². The van der Waals surface area contributed by atoms with E-state index in [4.69, 9.17) is 0 Å². The fourth-order valence-corrected chi connectivity index (χ4v) is 4.11. The minimum atomic E-state index is 0.425. The van der Waals surface area contributed by atoms with Crippen molar-refractivity contribution in [1.29, 1.82) is 0 Å². The van der Waals surface area contributed by atoms with E-state index in [-0.39, 0.29) is 0 Å². The van der Waals surface area contributed by atoms with Gasteiger partial charge in [-0.15, -0.1) is 0 Å². The number of rotatable bonds is 4. The summed E-state index contributed by atoms with van der Waals surface area (Å²) in [5.74, 6) is 0. The summed E-state index contributed by atoms with van der Waals surface area (Å²) >= 11 is 0. The van der Waals surface area contributed by atoms with Gasteiger partial charge >= 0.3 is 0 Å². The van der Waals surface area contributed by atoms with Gasteiger partial charge in [-0.2, -0.15) is 0 Å². The number of nitrogens with zero attached hydrogens (tertiary/aromatic N) is 1. The first-order valence-corrected chi connectivity index (χ1v) is 8.44. The molecule has 0 aromatic heterocycles. The largest absolute Gasteiger partial charge is 0.312 e. The molecule has 1 fully saturated rings. The van der Waals surface area contributed by atoms with Crippen molar-refractivity contribution in [3.63, 3.8) is 0 Å². The summed E-state index contributed by atoms with van der Waals surface area (Å²) in [7, 11) is 2.10. The van der Waals surface area contributed by atoms with Gasteiger partial charge in [0.2, 0.25) is 0 Å². The zero-order chi connectivity index (χ0) is 15.6. The third-order valence-electron chi connectivity index (χ3n) is 5.20. The van der Waals surface area contributed by atoms with Crippen LogP contribution in [0.25, 0.3) is 0 Å². The van der Waals surface area contributed by atoms with Crippen LogP contribution >= 0.6 is 0 Å². The van der Waals surface area contributed by atoms with Gasteiger partial charge in [0.05, 0.1) is 0 Å². The number of likely N-dealkylation sites (N-methyl/N-ethyl adjacent to an activating group) is 1. The fourth-order valence-electron chi connectivity index (χ4n) is 4.11. The first-order valence-electron chi connectivity index (χ1n) is 8.44. The molecule has 1 saturated heterocycles. The molecule has 0 spiro atoms. The molecule has 1 aromatic carbocycles. The van der Waals surface area contributed by atoms with E-state index in [1.807, 2.05) is 0 Å². The second kappa shape index (κ2) is 6.93. The predicted molar refractivity (Wildman–Crippen MR) is 91.9 cm³/mol. The lowest BCUT2D eigenvalue weighted by Crippen LogP contribution is -2.47. The van der Waals surface area contributed by atoms with Gasteiger partial charge < -0.3 is 5.32 Å². The monoisotopic (exact) mass is 288 g/mol. The Labute approximate surface area is 130 Å². The van der Waals surface area contributed by atoms with Gasteiger partial charge in [0.25, 0.3) is 0 Å². The third kappa shape index (κ3) is 3.67. The average molecular weight is 288 g/mol. The second-order valence-corrected chi connectivity index (χ2v) is 6.98. The number of aryl methyl sites for hydroxylation is 3. The van der Waals surface area contributed by atoms with Crippen LogP contribution in [-0.2, 0) is 0 Å². The van der Waals surface area contributed by atoms with Crippen LogP contribution in [0.2, 0.25) is 0 Å². The topological polar surface area (TPSA) is 15.3 Å². The molecule has 0 bridgehead atoms. The molecule has 3 atom stereocenters. The molecule has 1 aliphatic rings. The Morgan fingerprint density at radius 1 is 1.10 bits per heavy atom. The molecule has 1 heterocycles. The van der Waals surface area contributed by atoms with Gasteiger partial charge in [0.15, 0.2) is 0 Å². The van der Waals surface area contributed by atoms with E-state index in [2.05, 4.69) is 64.0 Å². The van der Waals surface area contributed by atoms with E-state index >= 15 is 0 Å². The lowest BCUT2D eigenvalue weighted by atomic mass is 9.91. The third-order valence-corrected chi connectivity index (χ3v) is 5.20. The summed E-state index contributed by atoms with van der Waals surface area (Å²) in [6.07, 6.45) is 4.06. The van der Waals surface area contributed by atoms with Crippen molar-refractivity contribution in [3.8, 4) is 0 Å². The molecule has 2 nitrogen and oxygen atoms in total. The summed E-state index contributed by atoms with van der Waals surface area (Å²) in [4.78, 5) is 2.70. The highest BCUT2D eigenvalue weighted by Crippen LogP contribution is 2.28. The molecule has 118 valence electrons. The molecule has 0 aliphatic carbocycles. The summed E-state index contributed by atoms with van der Waals surface area (Å²) in [5.41, 5.74) is 5.70. The zero-order valence-corrected chi connectivity index (χ0v) is 14.7. The molecule has 21 heavy (non-hydrogen) atoms. The summed E-state index contributed by atoms with van der Waals surface area (Å²) in [6, 6.07) is 6.46. The van der Waals surface area contributed by atoms with Crippen LogP contribution in [0.5, 0.6) is 0 Å². The molecule has 0 radical (unpaired) electrons. The van der Waals surface area contributed by atoms with Gasteiger partial charge in [-0.05, 0) is 71.2 Å². The molecule has 1 N–H and O–H groups in total. The number of piperidine rings is 1. The summed E-state index contributed by atoms with van der Waals surface area (Å²) in [5, 5.41) is 3.57. The SMILES string of the molecule is CNC(CN1C(C)CCCC1C)c1c(C)cc(C)cc1C. The van der Waals surface area contributed by atoms with Gasteiger partial charge in [0, 0.05) is 24.7 Å².